The van der Waals surface area contributed by atoms with Gasteiger partial charge >= 0.3 is 0 Å². The quantitative estimate of drug-likeness (QED) is 0.589. The summed E-state index contributed by atoms with van der Waals surface area (Å²) in [5, 5.41) is 3.34. The van der Waals surface area contributed by atoms with Crippen LogP contribution in [0.4, 0.5) is 0 Å². The van der Waals surface area contributed by atoms with Gasteiger partial charge in [-0.25, -0.2) is 8.42 Å². The van der Waals surface area contributed by atoms with E-state index in [2.05, 4.69) is 16.5 Å². The molecule has 140 valence electrons. The molecule has 2 rings (SSSR count). The largest absolute Gasteiger partial charge is 0.381 e. The molecule has 6 nitrogen and oxygen atoms in total. The summed E-state index contributed by atoms with van der Waals surface area (Å²) in [5.41, 5.74) is 0. The molecule has 0 atom stereocenters. The summed E-state index contributed by atoms with van der Waals surface area (Å²) in [4.78, 5) is 6.97. The van der Waals surface area contributed by atoms with Crippen molar-refractivity contribution in [1.29, 1.82) is 0 Å². The van der Waals surface area contributed by atoms with Gasteiger partial charge < -0.3 is 15.0 Å². The first-order chi connectivity index (χ1) is 11.3. The molecule has 2 heterocycles. The molecule has 24 heavy (non-hydrogen) atoms. The number of nitrogens with one attached hydrogen (secondary N) is 1. The van der Waals surface area contributed by atoms with Crippen molar-refractivity contribution < 1.29 is 13.2 Å². The number of rotatable bonds is 4. The zero-order valence-corrected chi connectivity index (χ0v) is 16.9. The van der Waals surface area contributed by atoms with E-state index in [0.717, 1.165) is 45.1 Å². The van der Waals surface area contributed by atoms with Crippen molar-refractivity contribution in [1.82, 2.24) is 10.2 Å². The Bertz CT molecular complexity index is 555. The molecule has 0 radical (unpaired) electrons. The third-order valence-corrected chi connectivity index (χ3v) is 8.97. The van der Waals surface area contributed by atoms with Crippen LogP contribution < -0.4 is 5.32 Å². The Morgan fingerprint density at radius 2 is 2.00 bits per heavy atom. The van der Waals surface area contributed by atoms with Crippen LogP contribution in [0.1, 0.15) is 33.6 Å². The van der Waals surface area contributed by atoms with Crippen LogP contribution >= 0.6 is 11.8 Å². The van der Waals surface area contributed by atoms with E-state index in [0.29, 0.717) is 13.1 Å². The summed E-state index contributed by atoms with van der Waals surface area (Å²) in [6, 6.07) is 0. The predicted molar refractivity (Wildman–Crippen MR) is 102 cm³/mol. The molecule has 2 fully saturated rings. The van der Waals surface area contributed by atoms with Crippen LogP contribution in [0.2, 0.25) is 0 Å². The molecule has 2 saturated heterocycles. The van der Waals surface area contributed by atoms with E-state index < -0.39 is 14.6 Å². The highest BCUT2D eigenvalue weighted by Gasteiger charge is 2.41. The van der Waals surface area contributed by atoms with E-state index in [1.165, 1.54) is 0 Å². The lowest BCUT2D eigenvalue weighted by Crippen LogP contribution is -2.57. The maximum atomic E-state index is 12.2. The number of nitrogens with zero attached hydrogens (tertiary/aromatic N) is 2. The monoisotopic (exact) mass is 377 g/mol. The Hall–Kier alpha value is -0.470. The molecule has 8 heteroatoms. The maximum Gasteiger partial charge on any atom is 0.194 e. The normalized spacial score (nSPS) is 26.2. The smallest absolute Gasteiger partial charge is 0.194 e. The van der Waals surface area contributed by atoms with Crippen LogP contribution in [-0.2, 0) is 14.6 Å². The summed E-state index contributed by atoms with van der Waals surface area (Å²) in [7, 11) is -3.04. The van der Waals surface area contributed by atoms with Crippen molar-refractivity contribution in [3.63, 3.8) is 0 Å². The van der Waals surface area contributed by atoms with Crippen molar-refractivity contribution in [3.8, 4) is 0 Å². The van der Waals surface area contributed by atoms with Crippen LogP contribution in [-0.4, -0.2) is 80.2 Å². The Labute approximate surface area is 150 Å². The van der Waals surface area contributed by atoms with Crippen molar-refractivity contribution in [2.24, 2.45) is 4.99 Å². The average molecular weight is 378 g/mol. The van der Waals surface area contributed by atoms with Gasteiger partial charge in [0.1, 0.15) is 0 Å². The van der Waals surface area contributed by atoms with Gasteiger partial charge in [-0.05, 0) is 39.9 Å². The number of aliphatic imine (C=N–C) groups is 1. The second-order valence-electron chi connectivity index (χ2n) is 7.17. The molecule has 0 aromatic heterocycles. The first kappa shape index (κ1) is 19.8. The van der Waals surface area contributed by atoms with Crippen LogP contribution in [0.3, 0.4) is 0 Å². The second-order valence-corrected chi connectivity index (χ2v) is 11.2. The van der Waals surface area contributed by atoms with Gasteiger partial charge in [0, 0.05) is 37.6 Å². The molecule has 0 spiro atoms. The van der Waals surface area contributed by atoms with Crippen molar-refractivity contribution >= 4 is 27.6 Å². The Kier molecular flexibility index (Phi) is 6.47. The first-order valence-electron chi connectivity index (χ1n) is 8.64. The number of hydrogen-bond acceptors (Lipinski definition) is 5. The predicted octanol–water partition coefficient (Wildman–Crippen LogP) is 1.37. The lowest BCUT2D eigenvalue weighted by atomic mass is 9.99. The van der Waals surface area contributed by atoms with Crippen molar-refractivity contribution in [2.75, 3.05) is 51.4 Å². The van der Waals surface area contributed by atoms with Gasteiger partial charge in [0.05, 0.1) is 17.0 Å². The molecular weight excluding hydrogens is 346 g/mol. The number of ether oxygens (including phenoxy) is 1. The van der Waals surface area contributed by atoms with Crippen LogP contribution in [0, 0.1) is 0 Å². The fourth-order valence-corrected chi connectivity index (χ4v) is 5.27. The number of hydrogen-bond donors (Lipinski definition) is 1. The lowest BCUT2D eigenvalue weighted by Gasteiger charge is -2.40. The zero-order chi connectivity index (χ0) is 17.8. The zero-order valence-electron chi connectivity index (χ0n) is 15.3. The summed E-state index contributed by atoms with van der Waals surface area (Å²) >= 11 is 1.87. The molecule has 2 aliphatic heterocycles. The Morgan fingerprint density at radius 3 is 2.54 bits per heavy atom. The maximum absolute atomic E-state index is 12.2. The van der Waals surface area contributed by atoms with E-state index in [-0.39, 0.29) is 10.5 Å². The minimum Gasteiger partial charge on any atom is -0.381 e. The summed E-state index contributed by atoms with van der Waals surface area (Å²) in [6.45, 7) is 9.74. The van der Waals surface area contributed by atoms with Gasteiger partial charge in [-0.2, -0.15) is 11.8 Å². The lowest BCUT2D eigenvalue weighted by molar-refractivity contribution is 0.0793. The third kappa shape index (κ3) is 4.38. The molecule has 2 aliphatic rings. The highest BCUT2D eigenvalue weighted by molar-refractivity contribution is 8.00. The van der Waals surface area contributed by atoms with Gasteiger partial charge in [0.25, 0.3) is 0 Å². The van der Waals surface area contributed by atoms with Gasteiger partial charge in [0.15, 0.2) is 15.8 Å². The van der Waals surface area contributed by atoms with E-state index in [1.807, 2.05) is 18.7 Å². The Balaban J connectivity index is 2.14. The topological polar surface area (TPSA) is 71.0 Å². The summed E-state index contributed by atoms with van der Waals surface area (Å²) in [6.07, 6.45) is 4.16. The van der Waals surface area contributed by atoms with Gasteiger partial charge in [-0.15, -0.1) is 0 Å². The molecule has 0 aromatic carbocycles. The van der Waals surface area contributed by atoms with Gasteiger partial charge in [0.2, 0.25) is 0 Å². The molecule has 0 aliphatic carbocycles. The number of thioether (sulfide) groups is 1. The molecule has 0 amide bonds. The minimum atomic E-state index is -3.04. The van der Waals surface area contributed by atoms with E-state index >= 15 is 0 Å². The molecule has 0 aromatic rings. The van der Waals surface area contributed by atoms with Crippen molar-refractivity contribution in [2.45, 2.75) is 43.1 Å². The minimum absolute atomic E-state index is 0.135. The summed E-state index contributed by atoms with van der Waals surface area (Å²) < 4.78 is 29.3. The SMILES string of the molecule is CCNC(=NCC1(SC)CCOCC1)N1CCS(=O)(=O)C(C)(C)C1. The average Bonchev–Trinajstić information content (AvgIpc) is 2.55. The van der Waals surface area contributed by atoms with Crippen molar-refractivity contribution in [3.05, 3.63) is 0 Å². The molecule has 0 unspecified atom stereocenters. The van der Waals surface area contributed by atoms with Crippen LogP contribution in [0.5, 0.6) is 0 Å². The fourth-order valence-electron chi connectivity index (χ4n) is 3.14. The second kappa shape index (κ2) is 7.83. The number of guanidine groups is 1. The number of sulfone groups is 1. The Morgan fingerprint density at radius 1 is 1.33 bits per heavy atom. The summed E-state index contributed by atoms with van der Waals surface area (Å²) in [5.74, 6) is 1.02. The fraction of sp³-hybridized carbons (Fsp3) is 0.938. The van der Waals surface area contributed by atoms with E-state index in [9.17, 15) is 8.42 Å². The molecule has 0 saturated carbocycles. The highest BCUT2D eigenvalue weighted by atomic mass is 32.2. The molecule has 0 bridgehead atoms. The third-order valence-electron chi connectivity index (χ3n) is 5.03. The highest BCUT2D eigenvalue weighted by Crippen LogP contribution is 2.34. The first-order valence-corrected chi connectivity index (χ1v) is 11.5. The van der Waals surface area contributed by atoms with Gasteiger partial charge in [-0.1, -0.05) is 0 Å². The standard InChI is InChI=1S/C16H31N3O3S2/c1-5-17-14(18-12-16(23-4)6-9-22-10-7-16)19-8-11-24(20,21)15(2,3)13-19/h5-13H2,1-4H3,(H,17,18). The van der Waals surface area contributed by atoms with Crippen LogP contribution in [0.25, 0.3) is 0 Å². The molecular formula is C16H31N3O3S2. The van der Waals surface area contributed by atoms with Gasteiger partial charge in [-0.3, -0.25) is 4.99 Å². The molecule has 1 N–H and O–H groups in total. The van der Waals surface area contributed by atoms with E-state index in [1.54, 1.807) is 13.8 Å². The van der Waals surface area contributed by atoms with E-state index in [4.69, 9.17) is 9.73 Å². The van der Waals surface area contributed by atoms with Crippen LogP contribution in [0.15, 0.2) is 4.99 Å².